The van der Waals surface area contributed by atoms with Crippen molar-refractivity contribution in [1.82, 2.24) is 19.5 Å². The summed E-state index contributed by atoms with van der Waals surface area (Å²) in [5, 5.41) is 4.64. The van der Waals surface area contributed by atoms with Gasteiger partial charge in [0.1, 0.15) is 17.0 Å². The van der Waals surface area contributed by atoms with Crippen LogP contribution in [0.4, 0.5) is 5.13 Å². The second-order valence-corrected chi connectivity index (χ2v) is 6.54. The van der Waals surface area contributed by atoms with Gasteiger partial charge in [-0.25, -0.2) is 9.78 Å². The Kier molecular flexibility index (Phi) is 4.68. The minimum atomic E-state index is -0.723. The number of rotatable bonds is 5. The van der Waals surface area contributed by atoms with Crippen LogP contribution in [-0.2, 0) is 6.54 Å². The highest BCUT2D eigenvalue weighted by atomic mass is 32.1. The molecule has 0 unspecified atom stereocenters. The highest BCUT2D eigenvalue weighted by Gasteiger charge is 2.17. The lowest BCUT2D eigenvalue weighted by Gasteiger charge is -2.05. The van der Waals surface area contributed by atoms with Crippen molar-refractivity contribution in [2.45, 2.75) is 6.54 Å². The van der Waals surface area contributed by atoms with Crippen LogP contribution in [0.1, 0.15) is 16.1 Å². The van der Waals surface area contributed by atoms with Gasteiger partial charge in [0.25, 0.3) is 11.5 Å². The van der Waals surface area contributed by atoms with Gasteiger partial charge in [0, 0.05) is 17.8 Å². The van der Waals surface area contributed by atoms with Gasteiger partial charge in [-0.2, -0.15) is 0 Å². The number of furan rings is 1. The molecule has 0 aliphatic heterocycles. The third-order valence-electron chi connectivity index (χ3n) is 3.85. The second-order valence-electron chi connectivity index (χ2n) is 5.69. The molecule has 0 saturated carbocycles. The standard InChI is InChI=1S/C18H13N5O4S/c24-15(22-17-21-14(10-28-17)13-5-1-2-6-19-13)12-8-20-18(26)23(16(12)25)9-11-4-3-7-27-11/h1-8,10H,9H2,(H,20,26)(H,21,22,24). The Morgan fingerprint density at radius 3 is 2.86 bits per heavy atom. The number of nitrogens with zero attached hydrogens (tertiary/aromatic N) is 3. The summed E-state index contributed by atoms with van der Waals surface area (Å²) in [7, 11) is 0. The van der Waals surface area contributed by atoms with Crippen LogP contribution < -0.4 is 16.6 Å². The van der Waals surface area contributed by atoms with E-state index in [2.05, 4.69) is 20.3 Å². The molecule has 0 fully saturated rings. The summed E-state index contributed by atoms with van der Waals surface area (Å²) < 4.78 is 6.06. The first-order valence-corrected chi connectivity index (χ1v) is 9.03. The van der Waals surface area contributed by atoms with E-state index in [9.17, 15) is 14.4 Å². The molecule has 0 radical (unpaired) electrons. The van der Waals surface area contributed by atoms with Crippen molar-refractivity contribution in [3.05, 3.63) is 86.5 Å². The molecule has 1 amide bonds. The molecule has 0 bridgehead atoms. The van der Waals surface area contributed by atoms with E-state index in [4.69, 9.17) is 4.42 Å². The Labute approximate surface area is 161 Å². The summed E-state index contributed by atoms with van der Waals surface area (Å²) in [5.41, 5.74) is -0.286. The average molecular weight is 395 g/mol. The van der Waals surface area contributed by atoms with Crippen molar-refractivity contribution in [3.63, 3.8) is 0 Å². The Bertz CT molecular complexity index is 1220. The van der Waals surface area contributed by atoms with Gasteiger partial charge in [-0.1, -0.05) is 6.07 Å². The number of pyridine rings is 1. The number of nitrogens with one attached hydrogen (secondary N) is 2. The van der Waals surface area contributed by atoms with Crippen molar-refractivity contribution in [1.29, 1.82) is 0 Å². The fourth-order valence-corrected chi connectivity index (χ4v) is 3.20. The van der Waals surface area contributed by atoms with E-state index in [1.54, 1.807) is 35.8 Å². The third-order valence-corrected chi connectivity index (χ3v) is 4.61. The van der Waals surface area contributed by atoms with Crippen molar-refractivity contribution in [2.75, 3.05) is 5.32 Å². The summed E-state index contributed by atoms with van der Waals surface area (Å²) in [4.78, 5) is 48.0. The molecule has 28 heavy (non-hydrogen) atoms. The predicted molar refractivity (Wildman–Crippen MR) is 102 cm³/mol. The Balaban J connectivity index is 1.58. The molecular formula is C18H13N5O4S. The number of aromatic nitrogens is 4. The quantitative estimate of drug-likeness (QED) is 0.532. The van der Waals surface area contributed by atoms with Crippen LogP contribution in [0.25, 0.3) is 11.4 Å². The Hall–Kier alpha value is -3.79. The van der Waals surface area contributed by atoms with Crippen LogP contribution in [0.15, 0.2) is 68.4 Å². The first-order chi connectivity index (χ1) is 13.6. The van der Waals surface area contributed by atoms with Gasteiger partial charge in [0.15, 0.2) is 5.13 Å². The summed E-state index contributed by atoms with van der Waals surface area (Å²) in [6.07, 6.45) is 4.17. The molecule has 4 aromatic heterocycles. The first kappa shape index (κ1) is 17.6. The van der Waals surface area contributed by atoms with Gasteiger partial charge in [-0.3, -0.25) is 24.5 Å². The normalized spacial score (nSPS) is 10.7. The summed E-state index contributed by atoms with van der Waals surface area (Å²) in [5.74, 6) is -0.249. The molecule has 4 rings (SSSR count). The fourth-order valence-electron chi connectivity index (χ4n) is 2.50. The van der Waals surface area contributed by atoms with E-state index >= 15 is 0 Å². The Morgan fingerprint density at radius 1 is 1.21 bits per heavy atom. The minimum Gasteiger partial charge on any atom is -0.467 e. The minimum absolute atomic E-state index is 0.0800. The predicted octanol–water partition coefficient (Wildman–Crippen LogP) is 1.95. The number of aromatic amines is 1. The maximum absolute atomic E-state index is 12.6. The summed E-state index contributed by atoms with van der Waals surface area (Å²) in [6, 6.07) is 8.71. The van der Waals surface area contributed by atoms with Gasteiger partial charge in [0.05, 0.1) is 18.5 Å². The lowest BCUT2D eigenvalue weighted by molar-refractivity contribution is 0.102. The van der Waals surface area contributed by atoms with Gasteiger partial charge in [-0.15, -0.1) is 11.3 Å². The van der Waals surface area contributed by atoms with Crippen LogP contribution >= 0.6 is 11.3 Å². The number of carbonyl (C=O) groups is 1. The van der Waals surface area contributed by atoms with Gasteiger partial charge in [0.2, 0.25) is 0 Å². The molecule has 0 aromatic carbocycles. The van der Waals surface area contributed by atoms with E-state index in [0.717, 1.165) is 10.8 Å². The van der Waals surface area contributed by atoms with Gasteiger partial charge >= 0.3 is 5.69 Å². The lowest BCUT2D eigenvalue weighted by atomic mass is 10.3. The number of hydrogen-bond donors (Lipinski definition) is 2. The first-order valence-electron chi connectivity index (χ1n) is 8.15. The summed E-state index contributed by atoms with van der Waals surface area (Å²) in [6.45, 7) is -0.0800. The molecule has 0 atom stereocenters. The van der Waals surface area contributed by atoms with Crippen LogP contribution in [0, 0.1) is 0 Å². The van der Waals surface area contributed by atoms with Crippen LogP contribution in [0.3, 0.4) is 0 Å². The zero-order valence-electron chi connectivity index (χ0n) is 14.3. The smallest absolute Gasteiger partial charge is 0.328 e. The molecule has 9 nitrogen and oxygen atoms in total. The zero-order valence-corrected chi connectivity index (χ0v) is 15.1. The molecule has 10 heteroatoms. The second kappa shape index (κ2) is 7.45. The van der Waals surface area contributed by atoms with Gasteiger partial charge < -0.3 is 9.40 Å². The maximum Gasteiger partial charge on any atom is 0.328 e. The fraction of sp³-hybridized carbons (Fsp3) is 0.0556. The summed E-state index contributed by atoms with van der Waals surface area (Å²) >= 11 is 1.21. The molecule has 4 heterocycles. The number of hydrogen-bond acceptors (Lipinski definition) is 7. The highest BCUT2D eigenvalue weighted by molar-refractivity contribution is 7.14. The lowest BCUT2D eigenvalue weighted by Crippen LogP contribution is -2.39. The number of H-pyrrole nitrogens is 1. The zero-order chi connectivity index (χ0) is 19.5. The van der Waals surface area contributed by atoms with E-state index < -0.39 is 17.2 Å². The van der Waals surface area contributed by atoms with Crippen molar-refractivity contribution in [2.24, 2.45) is 0 Å². The molecule has 2 N–H and O–H groups in total. The third kappa shape index (κ3) is 3.53. The van der Waals surface area contributed by atoms with Crippen molar-refractivity contribution in [3.8, 4) is 11.4 Å². The number of anilines is 1. The number of carbonyl (C=O) groups excluding carboxylic acids is 1. The highest BCUT2D eigenvalue weighted by Crippen LogP contribution is 2.23. The topological polar surface area (TPSA) is 123 Å². The molecule has 140 valence electrons. The molecule has 4 aromatic rings. The van der Waals surface area contributed by atoms with Gasteiger partial charge in [-0.05, 0) is 24.3 Å². The number of thiazole rings is 1. The average Bonchev–Trinajstić information content (AvgIpc) is 3.38. The largest absolute Gasteiger partial charge is 0.467 e. The van der Waals surface area contributed by atoms with Crippen LogP contribution in [0.2, 0.25) is 0 Å². The Morgan fingerprint density at radius 2 is 2.11 bits per heavy atom. The monoisotopic (exact) mass is 395 g/mol. The molecule has 0 spiro atoms. The SMILES string of the molecule is O=C(Nc1nc(-c2ccccn2)cs1)c1c[nH]c(=O)n(Cc2ccco2)c1=O. The van der Waals surface area contributed by atoms with Crippen molar-refractivity contribution >= 4 is 22.4 Å². The van der Waals surface area contributed by atoms with E-state index in [0.29, 0.717) is 22.3 Å². The van der Waals surface area contributed by atoms with E-state index in [1.807, 2.05) is 6.07 Å². The maximum atomic E-state index is 12.6. The van der Waals surface area contributed by atoms with E-state index in [1.165, 1.54) is 17.6 Å². The number of amides is 1. The van der Waals surface area contributed by atoms with E-state index in [-0.39, 0.29) is 12.1 Å². The molecule has 0 saturated heterocycles. The van der Waals surface area contributed by atoms with Crippen molar-refractivity contribution < 1.29 is 9.21 Å². The molecule has 0 aliphatic rings. The van der Waals surface area contributed by atoms with Crippen LogP contribution in [0.5, 0.6) is 0 Å². The van der Waals surface area contributed by atoms with Crippen LogP contribution in [-0.4, -0.2) is 25.4 Å². The molecule has 0 aliphatic carbocycles. The molecular weight excluding hydrogens is 382 g/mol.